The summed E-state index contributed by atoms with van der Waals surface area (Å²) in [6, 6.07) is 0. The fraction of sp³-hybridized carbons (Fsp3) is 0.727. The summed E-state index contributed by atoms with van der Waals surface area (Å²) in [6.07, 6.45) is 3.41. The summed E-state index contributed by atoms with van der Waals surface area (Å²) in [5.41, 5.74) is -0.0536. The van der Waals surface area contributed by atoms with Crippen LogP contribution in [0.4, 0.5) is 0 Å². The Morgan fingerprint density at radius 1 is 1.56 bits per heavy atom. The highest BCUT2D eigenvalue weighted by Crippen LogP contribution is 2.23. The summed E-state index contributed by atoms with van der Waals surface area (Å²) in [5, 5.41) is 11.6. The van der Waals surface area contributed by atoms with E-state index in [4.69, 9.17) is 9.94 Å². The second-order valence-corrected chi connectivity index (χ2v) is 3.88. The van der Waals surface area contributed by atoms with Crippen molar-refractivity contribution >= 4 is 17.5 Å². The Morgan fingerprint density at radius 2 is 2.31 bits per heavy atom. The summed E-state index contributed by atoms with van der Waals surface area (Å²) in [6.45, 7) is 1.91. The number of oxime groups is 1. The van der Waals surface area contributed by atoms with Gasteiger partial charge in [0.25, 0.3) is 0 Å². The van der Waals surface area contributed by atoms with Crippen LogP contribution < -0.4 is 0 Å². The molecule has 1 aliphatic carbocycles. The van der Waals surface area contributed by atoms with E-state index < -0.39 is 5.97 Å². The SMILES string of the molecule is CCOC(=O)/C(CC1CCCCC1=O)=N\O. The highest BCUT2D eigenvalue weighted by Gasteiger charge is 2.27. The van der Waals surface area contributed by atoms with E-state index in [1.54, 1.807) is 6.92 Å². The third-order valence-electron chi connectivity index (χ3n) is 2.75. The summed E-state index contributed by atoms with van der Waals surface area (Å²) in [4.78, 5) is 22.9. The van der Waals surface area contributed by atoms with Gasteiger partial charge in [-0.3, -0.25) is 4.79 Å². The Balaban J connectivity index is 2.56. The molecule has 0 aromatic carbocycles. The Morgan fingerprint density at radius 3 is 2.88 bits per heavy atom. The van der Waals surface area contributed by atoms with Crippen LogP contribution in [0.1, 0.15) is 39.0 Å². The Kier molecular flexibility index (Phi) is 4.95. The number of ketones is 1. The first-order chi connectivity index (χ1) is 7.69. The summed E-state index contributed by atoms with van der Waals surface area (Å²) < 4.78 is 4.73. The lowest BCUT2D eigenvalue weighted by Gasteiger charge is -2.19. The van der Waals surface area contributed by atoms with Crippen molar-refractivity contribution in [2.45, 2.75) is 39.0 Å². The molecule has 1 fully saturated rings. The van der Waals surface area contributed by atoms with Crippen LogP contribution in [0.2, 0.25) is 0 Å². The van der Waals surface area contributed by atoms with E-state index in [9.17, 15) is 9.59 Å². The molecule has 0 aromatic heterocycles. The van der Waals surface area contributed by atoms with Crippen molar-refractivity contribution in [2.24, 2.45) is 11.1 Å². The minimum atomic E-state index is -0.636. The maximum Gasteiger partial charge on any atom is 0.356 e. The zero-order chi connectivity index (χ0) is 12.0. The van der Waals surface area contributed by atoms with Gasteiger partial charge in [0.2, 0.25) is 0 Å². The highest BCUT2D eigenvalue weighted by atomic mass is 16.5. The van der Waals surface area contributed by atoms with Gasteiger partial charge < -0.3 is 9.94 Å². The number of rotatable bonds is 4. The van der Waals surface area contributed by atoms with Gasteiger partial charge in [-0.15, -0.1) is 0 Å². The maximum atomic E-state index is 11.5. The van der Waals surface area contributed by atoms with Crippen molar-refractivity contribution in [1.29, 1.82) is 0 Å². The van der Waals surface area contributed by atoms with Crippen molar-refractivity contribution in [2.75, 3.05) is 6.61 Å². The van der Waals surface area contributed by atoms with Crippen LogP contribution >= 0.6 is 0 Å². The lowest BCUT2D eigenvalue weighted by molar-refractivity contribution is -0.135. The number of hydrogen-bond acceptors (Lipinski definition) is 5. The average Bonchev–Trinajstić information content (AvgIpc) is 2.28. The van der Waals surface area contributed by atoms with Gasteiger partial charge in [0.15, 0.2) is 5.71 Å². The van der Waals surface area contributed by atoms with Crippen LogP contribution in [0.25, 0.3) is 0 Å². The predicted octanol–water partition coefficient (Wildman–Crippen LogP) is 1.53. The molecule has 5 heteroatoms. The number of carbonyl (C=O) groups excluding carboxylic acids is 2. The Labute approximate surface area is 94.5 Å². The van der Waals surface area contributed by atoms with Crippen LogP contribution in [0.5, 0.6) is 0 Å². The number of carbonyl (C=O) groups is 2. The molecule has 0 aromatic rings. The second kappa shape index (κ2) is 6.25. The van der Waals surface area contributed by atoms with E-state index in [-0.39, 0.29) is 30.4 Å². The zero-order valence-electron chi connectivity index (χ0n) is 9.44. The first-order valence-corrected chi connectivity index (χ1v) is 5.59. The van der Waals surface area contributed by atoms with Crippen LogP contribution in [0.15, 0.2) is 5.16 Å². The molecule has 16 heavy (non-hydrogen) atoms. The first kappa shape index (κ1) is 12.7. The standard InChI is InChI=1S/C11H17NO4/c1-2-16-11(14)9(12-15)7-8-5-3-4-6-10(8)13/h8,15H,2-7H2,1H3/b12-9-. The second-order valence-electron chi connectivity index (χ2n) is 3.88. The van der Waals surface area contributed by atoms with Gasteiger partial charge in [-0.05, 0) is 19.8 Å². The molecule has 0 radical (unpaired) electrons. The zero-order valence-corrected chi connectivity index (χ0v) is 9.44. The van der Waals surface area contributed by atoms with Gasteiger partial charge in [-0.2, -0.15) is 0 Å². The molecule has 1 rings (SSSR count). The third kappa shape index (κ3) is 3.32. The van der Waals surface area contributed by atoms with E-state index in [0.29, 0.717) is 6.42 Å². The molecule has 0 bridgehead atoms. The maximum absolute atomic E-state index is 11.5. The molecule has 0 spiro atoms. The van der Waals surface area contributed by atoms with E-state index in [0.717, 1.165) is 19.3 Å². The number of ether oxygens (including phenoxy) is 1. The Hall–Kier alpha value is -1.39. The molecule has 0 heterocycles. The minimum Gasteiger partial charge on any atom is -0.461 e. The molecule has 1 N–H and O–H groups in total. The predicted molar refractivity (Wildman–Crippen MR) is 57.4 cm³/mol. The summed E-state index contributed by atoms with van der Waals surface area (Å²) in [7, 11) is 0. The normalized spacial score (nSPS) is 21.9. The average molecular weight is 227 g/mol. The molecule has 90 valence electrons. The van der Waals surface area contributed by atoms with Gasteiger partial charge in [0, 0.05) is 18.8 Å². The van der Waals surface area contributed by atoms with Gasteiger partial charge in [0.1, 0.15) is 5.78 Å². The number of Topliss-reactive ketones (excluding diaryl/α,β-unsaturated/α-hetero) is 1. The van der Waals surface area contributed by atoms with E-state index in [1.807, 2.05) is 0 Å². The highest BCUT2D eigenvalue weighted by molar-refractivity contribution is 6.36. The number of hydrogen-bond donors (Lipinski definition) is 1. The molecular formula is C11H17NO4. The Bertz CT molecular complexity index is 298. The monoisotopic (exact) mass is 227 g/mol. The third-order valence-corrected chi connectivity index (χ3v) is 2.75. The quantitative estimate of drug-likeness (QED) is 0.342. The molecule has 1 saturated carbocycles. The van der Waals surface area contributed by atoms with Crippen molar-refractivity contribution in [1.82, 2.24) is 0 Å². The largest absolute Gasteiger partial charge is 0.461 e. The van der Waals surface area contributed by atoms with Crippen molar-refractivity contribution in [3.8, 4) is 0 Å². The summed E-state index contributed by atoms with van der Waals surface area (Å²) in [5.74, 6) is -0.677. The smallest absolute Gasteiger partial charge is 0.356 e. The first-order valence-electron chi connectivity index (χ1n) is 5.59. The van der Waals surface area contributed by atoms with Crippen LogP contribution in [-0.2, 0) is 14.3 Å². The molecule has 1 atom stereocenters. The van der Waals surface area contributed by atoms with Gasteiger partial charge in [0.05, 0.1) is 6.61 Å². The topological polar surface area (TPSA) is 76.0 Å². The number of nitrogens with zero attached hydrogens (tertiary/aromatic N) is 1. The lowest BCUT2D eigenvalue weighted by atomic mass is 9.84. The fourth-order valence-corrected chi connectivity index (χ4v) is 1.88. The van der Waals surface area contributed by atoms with Crippen molar-refractivity contribution in [3.63, 3.8) is 0 Å². The van der Waals surface area contributed by atoms with Gasteiger partial charge >= 0.3 is 5.97 Å². The van der Waals surface area contributed by atoms with Crippen LogP contribution in [0, 0.1) is 5.92 Å². The molecule has 0 amide bonds. The van der Waals surface area contributed by atoms with Crippen molar-refractivity contribution in [3.05, 3.63) is 0 Å². The molecular weight excluding hydrogens is 210 g/mol. The van der Waals surface area contributed by atoms with E-state index in [2.05, 4.69) is 5.16 Å². The van der Waals surface area contributed by atoms with Crippen LogP contribution in [-0.4, -0.2) is 29.3 Å². The fourth-order valence-electron chi connectivity index (χ4n) is 1.88. The molecule has 1 unspecified atom stereocenters. The van der Waals surface area contributed by atoms with E-state index >= 15 is 0 Å². The summed E-state index contributed by atoms with van der Waals surface area (Å²) >= 11 is 0. The molecule has 0 saturated heterocycles. The molecule has 0 aliphatic heterocycles. The minimum absolute atomic E-state index is 0.0536. The van der Waals surface area contributed by atoms with Crippen LogP contribution in [0.3, 0.4) is 0 Å². The molecule has 1 aliphatic rings. The lowest BCUT2D eigenvalue weighted by Crippen LogP contribution is -2.26. The van der Waals surface area contributed by atoms with Gasteiger partial charge in [-0.25, -0.2) is 4.79 Å². The van der Waals surface area contributed by atoms with Crippen molar-refractivity contribution < 1.29 is 19.5 Å². The van der Waals surface area contributed by atoms with E-state index in [1.165, 1.54) is 0 Å². The number of esters is 1. The van der Waals surface area contributed by atoms with Gasteiger partial charge in [-0.1, -0.05) is 11.6 Å². The molecule has 5 nitrogen and oxygen atoms in total.